The molecule has 0 saturated carbocycles. The van der Waals surface area contributed by atoms with E-state index < -0.39 is 16.8 Å². The first-order chi connectivity index (χ1) is 13.9. The van der Waals surface area contributed by atoms with Gasteiger partial charge in [-0.1, -0.05) is 13.0 Å². The van der Waals surface area contributed by atoms with E-state index in [1.165, 1.54) is 43.6 Å². The number of nitrogens with one attached hydrogen (secondary N) is 1. The molecule has 0 bridgehead atoms. The van der Waals surface area contributed by atoms with Gasteiger partial charge in [0.15, 0.2) is 0 Å². The van der Waals surface area contributed by atoms with Crippen LogP contribution in [0.4, 0.5) is 10.7 Å². The van der Waals surface area contributed by atoms with Crippen molar-refractivity contribution in [2.24, 2.45) is 0 Å². The van der Waals surface area contributed by atoms with Gasteiger partial charge in [0.2, 0.25) is 0 Å². The zero-order valence-corrected chi connectivity index (χ0v) is 17.4. The first-order valence-corrected chi connectivity index (χ1v) is 10.2. The summed E-state index contributed by atoms with van der Waals surface area (Å²) in [5.74, 6) is -0.974. The summed E-state index contributed by atoms with van der Waals surface area (Å²) in [5, 5.41) is 14.4. The lowest BCUT2D eigenvalue weighted by atomic mass is 10.0. The second kappa shape index (κ2) is 8.71. The lowest BCUT2D eigenvalue weighted by molar-refractivity contribution is -0.385. The minimum Gasteiger partial charge on any atom is -0.465 e. The number of nitro groups is 1. The van der Waals surface area contributed by atoms with Crippen molar-refractivity contribution in [2.45, 2.75) is 33.2 Å². The normalized spacial score (nSPS) is 13.6. The quantitative estimate of drug-likeness (QED) is 0.436. The van der Waals surface area contributed by atoms with Gasteiger partial charge in [-0.15, -0.1) is 11.3 Å². The molecule has 1 aromatic carbocycles. The van der Waals surface area contributed by atoms with E-state index in [0.29, 0.717) is 17.0 Å². The van der Waals surface area contributed by atoms with Crippen LogP contribution in [0.25, 0.3) is 0 Å². The predicted molar refractivity (Wildman–Crippen MR) is 111 cm³/mol. The van der Waals surface area contributed by atoms with Gasteiger partial charge >= 0.3 is 5.97 Å². The van der Waals surface area contributed by atoms with Crippen molar-refractivity contribution in [3.05, 3.63) is 55.4 Å². The molecule has 8 nitrogen and oxygen atoms in total. The van der Waals surface area contributed by atoms with E-state index in [-0.39, 0.29) is 16.8 Å². The zero-order chi connectivity index (χ0) is 21.1. The average Bonchev–Trinajstić information content (AvgIpc) is 3.04. The molecular weight excluding hydrogens is 394 g/mol. The third-order valence-corrected chi connectivity index (χ3v) is 6.17. The van der Waals surface area contributed by atoms with Crippen LogP contribution in [0.1, 0.15) is 50.1 Å². The van der Waals surface area contributed by atoms with E-state index in [2.05, 4.69) is 17.1 Å². The van der Waals surface area contributed by atoms with Crippen LogP contribution in [0.2, 0.25) is 0 Å². The van der Waals surface area contributed by atoms with E-state index in [1.54, 1.807) is 0 Å². The Bertz CT molecular complexity index is 969. The van der Waals surface area contributed by atoms with Crippen LogP contribution >= 0.6 is 11.3 Å². The highest BCUT2D eigenvalue weighted by atomic mass is 32.1. The van der Waals surface area contributed by atoms with Crippen molar-refractivity contribution >= 4 is 33.9 Å². The molecule has 0 radical (unpaired) electrons. The first kappa shape index (κ1) is 20.9. The molecule has 1 aliphatic rings. The topological polar surface area (TPSA) is 102 Å². The summed E-state index contributed by atoms with van der Waals surface area (Å²) in [6, 6.07) is 4.37. The molecule has 29 heavy (non-hydrogen) atoms. The molecule has 1 N–H and O–H groups in total. The molecule has 154 valence electrons. The van der Waals surface area contributed by atoms with Crippen molar-refractivity contribution in [3.63, 3.8) is 0 Å². The van der Waals surface area contributed by atoms with Crippen LogP contribution in [0.15, 0.2) is 18.2 Å². The molecule has 0 unspecified atom stereocenters. The SMILES string of the molecule is CCCN1CCc2c(sc(NC(=O)c3cccc([N+](=O)[O-])c3C)c2C(=O)OC)C1. The highest BCUT2D eigenvalue weighted by Crippen LogP contribution is 2.38. The molecule has 0 aliphatic carbocycles. The number of benzene rings is 1. The Morgan fingerprint density at radius 1 is 1.38 bits per heavy atom. The van der Waals surface area contributed by atoms with Gasteiger partial charge in [-0.25, -0.2) is 4.79 Å². The molecule has 0 saturated heterocycles. The Morgan fingerprint density at radius 2 is 2.14 bits per heavy atom. The number of esters is 1. The van der Waals surface area contributed by atoms with E-state index >= 15 is 0 Å². The number of anilines is 1. The number of nitrogens with zero attached hydrogens (tertiary/aromatic N) is 2. The Labute approximate surface area is 172 Å². The fraction of sp³-hybridized carbons (Fsp3) is 0.400. The molecule has 2 aromatic rings. The molecular formula is C20H23N3O5S. The summed E-state index contributed by atoms with van der Waals surface area (Å²) in [6.45, 7) is 6.20. The summed E-state index contributed by atoms with van der Waals surface area (Å²) in [7, 11) is 1.31. The smallest absolute Gasteiger partial charge is 0.341 e. The Morgan fingerprint density at radius 3 is 2.79 bits per heavy atom. The van der Waals surface area contributed by atoms with Crippen LogP contribution in [0, 0.1) is 17.0 Å². The molecule has 2 heterocycles. The number of hydrogen-bond acceptors (Lipinski definition) is 7. The van der Waals surface area contributed by atoms with E-state index in [4.69, 9.17) is 4.74 Å². The number of fused-ring (bicyclic) bond motifs is 1. The van der Waals surface area contributed by atoms with Gasteiger partial charge in [-0.3, -0.25) is 19.8 Å². The van der Waals surface area contributed by atoms with Crippen LogP contribution in [-0.4, -0.2) is 41.9 Å². The summed E-state index contributed by atoms with van der Waals surface area (Å²) >= 11 is 1.37. The number of amides is 1. The number of methoxy groups -OCH3 is 1. The van der Waals surface area contributed by atoms with Crippen LogP contribution in [-0.2, 0) is 17.7 Å². The van der Waals surface area contributed by atoms with E-state index in [1.807, 2.05) is 0 Å². The lowest BCUT2D eigenvalue weighted by Gasteiger charge is -2.26. The minimum absolute atomic E-state index is 0.119. The second-order valence-corrected chi connectivity index (χ2v) is 7.99. The van der Waals surface area contributed by atoms with Gasteiger partial charge in [0.1, 0.15) is 5.00 Å². The van der Waals surface area contributed by atoms with Crippen molar-refractivity contribution < 1.29 is 19.2 Å². The Kier molecular flexibility index (Phi) is 6.29. The molecule has 0 spiro atoms. The molecule has 9 heteroatoms. The van der Waals surface area contributed by atoms with Crippen LogP contribution in [0.3, 0.4) is 0 Å². The standard InChI is InChI=1S/C20H23N3O5S/c1-4-9-22-10-8-14-16(11-22)29-19(17(14)20(25)28-3)21-18(24)13-6-5-7-15(12(13)2)23(26)27/h5-7H,4,8-11H2,1-3H3,(H,21,24). The number of ether oxygens (including phenoxy) is 1. The van der Waals surface area contributed by atoms with Gasteiger partial charge in [-0.05, 0) is 37.9 Å². The number of carbonyl (C=O) groups is 2. The minimum atomic E-state index is -0.516. The third kappa shape index (κ3) is 4.15. The van der Waals surface area contributed by atoms with E-state index in [0.717, 1.165) is 36.5 Å². The van der Waals surface area contributed by atoms with Crippen molar-refractivity contribution in [1.82, 2.24) is 4.90 Å². The van der Waals surface area contributed by atoms with E-state index in [9.17, 15) is 19.7 Å². The average molecular weight is 417 g/mol. The number of carbonyl (C=O) groups excluding carboxylic acids is 2. The van der Waals surface area contributed by atoms with Gasteiger partial charge in [0.05, 0.1) is 17.6 Å². The summed E-state index contributed by atoms with van der Waals surface area (Å²) in [4.78, 5) is 39.3. The van der Waals surface area contributed by atoms with Crippen LogP contribution < -0.4 is 5.32 Å². The van der Waals surface area contributed by atoms with Crippen molar-refractivity contribution in [2.75, 3.05) is 25.5 Å². The Balaban J connectivity index is 1.95. The molecule has 1 amide bonds. The van der Waals surface area contributed by atoms with Gasteiger partial charge < -0.3 is 10.1 Å². The number of rotatable bonds is 6. The van der Waals surface area contributed by atoms with Gasteiger partial charge in [0, 0.05) is 35.2 Å². The predicted octanol–water partition coefficient (Wildman–Crippen LogP) is 3.77. The third-order valence-electron chi connectivity index (χ3n) is 5.04. The first-order valence-electron chi connectivity index (χ1n) is 9.37. The van der Waals surface area contributed by atoms with Gasteiger partial charge in [-0.2, -0.15) is 0 Å². The lowest BCUT2D eigenvalue weighted by Crippen LogP contribution is -2.30. The maximum absolute atomic E-state index is 12.9. The number of thiophene rings is 1. The highest BCUT2D eigenvalue weighted by Gasteiger charge is 2.29. The summed E-state index contributed by atoms with van der Waals surface area (Å²) in [5.41, 5.74) is 1.67. The molecule has 1 aromatic heterocycles. The molecule has 0 fully saturated rings. The molecule has 1 aliphatic heterocycles. The largest absolute Gasteiger partial charge is 0.465 e. The van der Waals surface area contributed by atoms with Crippen LogP contribution in [0.5, 0.6) is 0 Å². The van der Waals surface area contributed by atoms with Gasteiger partial charge in [0.25, 0.3) is 11.6 Å². The zero-order valence-electron chi connectivity index (χ0n) is 16.6. The molecule has 3 rings (SSSR count). The summed E-state index contributed by atoms with van der Waals surface area (Å²) in [6.07, 6.45) is 1.75. The summed E-state index contributed by atoms with van der Waals surface area (Å²) < 4.78 is 4.95. The van der Waals surface area contributed by atoms with Crippen molar-refractivity contribution in [1.29, 1.82) is 0 Å². The Hall–Kier alpha value is -2.78. The second-order valence-electron chi connectivity index (χ2n) is 6.89. The fourth-order valence-corrected chi connectivity index (χ4v) is 4.88. The number of hydrogen-bond donors (Lipinski definition) is 1. The fourth-order valence-electron chi connectivity index (χ4n) is 3.61. The maximum Gasteiger partial charge on any atom is 0.341 e. The van der Waals surface area contributed by atoms with Crippen molar-refractivity contribution in [3.8, 4) is 0 Å². The maximum atomic E-state index is 12.9. The molecule has 0 atom stereocenters. The monoisotopic (exact) mass is 417 g/mol. The highest BCUT2D eigenvalue weighted by molar-refractivity contribution is 7.17. The number of nitro benzene ring substituents is 1.